The minimum absolute atomic E-state index is 0.347. The van der Waals surface area contributed by atoms with E-state index in [1.54, 1.807) is 0 Å². The van der Waals surface area contributed by atoms with Crippen molar-refractivity contribution in [1.29, 1.82) is 0 Å². The zero-order valence-corrected chi connectivity index (χ0v) is 15.0. The Morgan fingerprint density at radius 1 is 1.38 bits per heavy atom. The third-order valence-corrected chi connectivity index (χ3v) is 6.33. The maximum atomic E-state index is 3.81. The number of hydrogen-bond donors (Lipinski definition) is 1. The summed E-state index contributed by atoms with van der Waals surface area (Å²) < 4.78 is 0. The minimum Gasteiger partial charge on any atom is -0.312 e. The van der Waals surface area contributed by atoms with Crippen molar-refractivity contribution in [3.05, 3.63) is 22.4 Å². The summed E-state index contributed by atoms with van der Waals surface area (Å²) >= 11 is 1.90. The molecule has 1 atom stereocenters. The van der Waals surface area contributed by atoms with Crippen LogP contribution in [0.2, 0.25) is 0 Å². The van der Waals surface area contributed by atoms with Gasteiger partial charge in [0.2, 0.25) is 0 Å². The Labute approximate surface area is 134 Å². The highest BCUT2D eigenvalue weighted by Gasteiger charge is 2.42. The molecular weight excluding hydrogens is 276 g/mol. The van der Waals surface area contributed by atoms with Crippen LogP contribution in [0.3, 0.4) is 0 Å². The Balaban J connectivity index is 2.08. The second kappa shape index (κ2) is 7.75. The molecule has 0 amide bonds. The van der Waals surface area contributed by atoms with E-state index in [0.29, 0.717) is 11.6 Å². The molecule has 1 saturated carbocycles. The van der Waals surface area contributed by atoms with Gasteiger partial charge in [0.15, 0.2) is 0 Å². The summed E-state index contributed by atoms with van der Waals surface area (Å²) in [6, 6.07) is 5.05. The predicted molar refractivity (Wildman–Crippen MR) is 94.2 cm³/mol. The normalized spacial score (nSPS) is 28.0. The van der Waals surface area contributed by atoms with Crippen LogP contribution in [0.5, 0.6) is 0 Å². The van der Waals surface area contributed by atoms with Gasteiger partial charge in [-0.1, -0.05) is 19.9 Å². The topological polar surface area (TPSA) is 15.3 Å². The number of rotatable bonds is 7. The molecule has 1 aromatic heterocycles. The second-order valence-corrected chi connectivity index (χ2v) is 7.94. The van der Waals surface area contributed by atoms with Gasteiger partial charge in [0.25, 0.3) is 0 Å². The number of hydrogen-bond acceptors (Lipinski definition) is 3. The molecule has 1 aromatic rings. The summed E-state index contributed by atoms with van der Waals surface area (Å²) in [5, 5.41) is 6.01. The summed E-state index contributed by atoms with van der Waals surface area (Å²) in [4.78, 5) is 4.04. The molecule has 1 aliphatic rings. The average Bonchev–Trinajstić information content (AvgIpc) is 2.98. The van der Waals surface area contributed by atoms with Gasteiger partial charge in [0.05, 0.1) is 0 Å². The fourth-order valence-corrected chi connectivity index (χ4v) is 4.64. The summed E-state index contributed by atoms with van der Waals surface area (Å²) in [5.74, 6) is 0.901. The molecule has 21 heavy (non-hydrogen) atoms. The zero-order chi connectivity index (χ0) is 15.3. The first-order chi connectivity index (χ1) is 10.1. The standard InChI is InChI=1S/C18H32N2S/c1-5-19-17(9-8-16-7-6-14-21-16)18(20(3)4)12-10-15(2)11-13-18/h6-7,14-15,17,19H,5,8-13H2,1-4H3. The maximum Gasteiger partial charge on any atom is 0.0356 e. The SMILES string of the molecule is CCNC(CCc1cccs1)C1(N(C)C)CCC(C)CC1. The van der Waals surface area contributed by atoms with Gasteiger partial charge < -0.3 is 10.2 Å². The van der Waals surface area contributed by atoms with Crippen molar-refractivity contribution < 1.29 is 0 Å². The van der Waals surface area contributed by atoms with Crippen LogP contribution in [0.4, 0.5) is 0 Å². The van der Waals surface area contributed by atoms with Crippen molar-refractivity contribution in [3.63, 3.8) is 0 Å². The number of likely N-dealkylation sites (N-methyl/N-ethyl adjacent to an activating group) is 2. The Kier molecular flexibility index (Phi) is 6.27. The molecular formula is C18H32N2S. The lowest BCUT2D eigenvalue weighted by atomic mass is 9.71. The predicted octanol–water partition coefficient (Wildman–Crippen LogP) is 4.17. The van der Waals surface area contributed by atoms with Crippen LogP contribution in [0, 0.1) is 5.92 Å². The lowest BCUT2D eigenvalue weighted by molar-refractivity contribution is 0.0411. The molecule has 0 aliphatic heterocycles. The molecule has 1 N–H and O–H groups in total. The van der Waals surface area contributed by atoms with E-state index in [0.717, 1.165) is 12.5 Å². The van der Waals surface area contributed by atoms with Gasteiger partial charge in [-0.3, -0.25) is 0 Å². The minimum atomic E-state index is 0.347. The summed E-state index contributed by atoms with van der Waals surface area (Å²) in [7, 11) is 4.57. The summed E-state index contributed by atoms with van der Waals surface area (Å²) in [6.07, 6.45) is 7.88. The first-order valence-electron chi connectivity index (χ1n) is 8.51. The largest absolute Gasteiger partial charge is 0.312 e. The monoisotopic (exact) mass is 308 g/mol. The molecule has 0 saturated heterocycles. The van der Waals surface area contributed by atoms with Gasteiger partial charge in [-0.15, -0.1) is 11.3 Å². The Bertz CT molecular complexity index is 391. The van der Waals surface area contributed by atoms with Gasteiger partial charge in [-0.25, -0.2) is 0 Å². The lowest BCUT2D eigenvalue weighted by Crippen LogP contribution is -2.60. The van der Waals surface area contributed by atoms with Crippen molar-refractivity contribution in [2.45, 2.75) is 64.0 Å². The lowest BCUT2D eigenvalue weighted by Gasteiger charge is -2.50. The molecule has 2 rings (SSSR count). The van der Waals surface area contributed by atoms with E-state index in [4.69, 9.17) is 0 Å². The molecule has 2 nitrogen and oxygen atoms in total. The first-order valence-corrected chi connectivity index (χ1v) is 9.39. The molecule has 1 aliphatic carbocycles. The first kappa shape index (κ1) is 17.0. The van der Waals surface area contributed by atoms with Gasteiger partial charge in [-0.2, -0.15) is 0 Å². The van der Waals surface area contributed by atoms with E-state index in [-0.39, 0.29) is 0 Å². The Hall–Kier alpha value is -0.380. The Morgan fingerprint density at radius 2 is 2.10 bits per heavy atom. The zero-order valence-electron chi connectivity index (χ0n) is 14.2. The quantitative estimate of drug-likeness (QED) is 0.813. The summed E-state index contributed by atoms with van der Waals surface area (Å²) in [6.45, 7) is 5.72. The van der Waals surface area contributed by atoms with Crippen molar-refractivity contribution >= 4 is 11.3 Å². The van der Waals surface area contributed by atoms with Gasteiger partial charge in [0, 0.05) is 16.5 Å². The molecule has 0 bridgehead atoms. The maximum absolute atomic E-state index is 3.81. The number of thiophene rings is 1. The van der Waals surface area contributed by atoms with Crippen LogP contribution in [0.15, 0.2) is 17.5 Å². The number of nitrogens with zero attached hydrogens (tertiary/aromatic N) is 1. The molecule has 1 heterocycles. The number of aryl methyl sites for hydroxylation is 1. The molecule has 3 heteroatoms. The fraction of sp³-hybridized carbons (Fsp3) is 0.778. The Morgan fingerprint density at radius 3 is 2.62 bits per heavy atom. The van der Waals surface area contributed by atoms with E-state index < -0.39 is 0 Å². The van der Waals surface area contributed by atoms with E-state index in [1.165, 1.54) is 43.4 Å². The number of nitrogens with one attached hydrogen (secondary N) is 1. The molecule has 1 fully saturated rings. The highest BCUT2D eigenvalue weighted by Crippen LogP contribution is 2.39. The average molecular weight is 309 g/mol. The van der Waals surface area contributed by atoms with Crippen LogP contribution in [0.25, 0.3) is 0 Å². The van der Waals surface area contributed by atoms with E-state index in [9.17, 15) is 0 Å². The van der Waals surface area contributed by atoms with Crippen molar-refractivity contribution in [1.82, 2.24) is 10.2 Å². The van der Waals surface area contributed by atoms with Crippen molar-refractivity contribution in [2.24, 2.45) is 5.92 Å². The van der Waals surface area contributed by atoms with Crippen LogP contribution < -0.4 is 5.32 Å². The summed E-state index contributed by atoms with van der Waals surface area (Å²) in [5.41, 5.74) is 0.347. The van der Waals surface area contributed by atoms with Gasteiger partial charge in [-0.05, 0) is 76.5 Å². The second-order valence-electron chi connectivity index (χ2n) is 6.91. The fourth-order valence-electron chi connectivity index (χ4n) is 3.92. The van der Waals surface area contributed by atoms with Crippen molar-refractivity contribution in [3.8, 4) is 0 Å². The van der Waals surface area contributed by atoms with Gasteiger partial charge in [0.1, 0.15) is 0 Å². The van der Waals surface area contributed by atoms with E-state index in [1.807, 2.05) is 11.3 Å². The highest BCUT2D eigenvalue weighted by atomic mass is 32.1. The van der Waals surface area contributed by atoms with Gasteiger partial charge >= 0.3 is 0 Å². The molecule has 0 spiro atoms. The highest BCUT2D eigenvalue weighted by molar-refractivity contribution is 7.09. The third-order valence-electron chi connectivity index (χ3n) is 5.39. The smallest absolute Gasteiger partial charge is 0.0356 e. The van der Waals surface area contributed by atoms with Crippen molar-refractivity contribution in [2.75, 3.05) is 20.6 Å². The van der Waals surface area contributed by atoms with Crippen LogP contribution in [0.1, 0.15) is 50.8 Å². The molecule has 0 radical (unpaired) electrons. The van der Waals surface area contributed by atoms with Crippen LogP contribution in [-0.4, -0.2) is 37.1 Å². The van der Waals surface area contributed by atoms with Crippen LogP contribution >= 0.6 is 11.3 Å². The van der Waals surface area contributed by atoms with E-state index >= 15 is 0 Å². The van der Waals surface area contributed by atoms with Crippen LogP contribution in [-0.2, 0) is 6.42 Å². The molecule has 0 aromatic carbocycles. The van der Waals surface area contributed by atoms with E-state index in [2.05, 4.69) is 55.7 Å². The molecule has 1 unspecified atom stereocenters. The third kappa shape index (κ3) is 4.08. The molecule has 120 valence electrons.